The van der Waals surface area contributed by atoms with Gasteiger partial charge in [0.15, 0.2) is 0 Å². The van der Waals surface area contributed by atoms with Crippen LogP contribution in [0.3, 0.4) is 0 Å². The van der Waals surface area contributed by atoms with Crippen molar-refractivity contribution in [3.8, 4) is 11.8 Å². The van der Waals surface area contributed by atoms with Gasteiger partial charge in [0.25, 0.3) is 0 Å². The van der Waals surface area contributed by atoms with Gasteiger partial charge in [-0.25, -0.2) is 4.79 Å². The van der Waals surface area contributed by atoms with E-state index in [-0.39, 0.29) is 5.92 Å². The summed E-state index contributed by atoms with van der Waals surface area (Å²) in [5.41, 5.74) is 0. The maximum atomic E-state index is 10.5. The lowest BCUT2D eigenvalue weighted by Gasteiger charge is -1.95. The van der Waals surface area contributed by atoms with E-state index in [1.807, 2.05) is 0 Å². The Balaban J connectivity index is 2.35. The van der Waals surface area contributed by atoms with Crippen LogP contribution in [0, 0.1) is 17.8 Å². The van der Waals surface area contributed by atoms with E-state index in [0.717, 1.165) is 12.8 Å². The van der Waals surface area contributed by atoms with Crippen LogP contribution in [0.25, 0.3) is 0 Å². The van der Waals surface area contributed by atoms with Crippen molar-refractivity contribution in [1.29, 1.82) is 0 Å². The molecular weight excluding hydrogens is 144 g/mol. The van der Waals surface area contributed by atoms with Gasteiger partial charge in [0, 0.05) is 5.92 Å². The van der Waals surface area contributed by atoms with Gasteiger partial charge in [-0.15, -0.1) is 0 Å². The first-order valence-electron chi connectivity index (χ1n) is 3.51. The van der Waals surface area contributed by atoms with Crippen molar-refractivity contribution in [3.05, 3.63) is 0 Å². The lowest BCUT2D eigenvalue weighted by Crippen LogP contribution is -2.06. The zero-order valence-electron chi connectivity index (χ0n) is 6.33. The van der Waals surface area contributed by atoms with Crippen LogP contribution < -0.4 is 0 Å². The van der Waals surface area contributed by atoms with Crippen molar-refractivity contribution >= 4 is 5.97 Å². The summed E-state index contributed by atoms with van der Waals surface area (Å²) in [7, 11) is 1.26. The molecule has 0 unspecified atom stereocenters. The molecule has 11 heavy (non-hydrogen) atoms. The van der Waals surface area contributed by atoms with Crippen LogP contribution in [0.15, 0.2) is 0 Å². The molecule has 0 aromatic rings. The van der Waals surface area contributed by atoms with Gasteiger partial charge < -0.3 is 9.84 Å². The molecule has 3 nitrogen and oxygen atoms in total. The van der Waals surface area contributed by atoms with Gasteiger partial charge in [-0.05, 0) is 18.8 Å². The van der Waals surface area contributed by atoms with Crippen molar-refractivity contribution in [3.63, 3.8) is 0 Å². The van der Waals surface area contributed by atoms with Crippen LogP contribution in [0.4, 0.5) is 0 Å². The molecule has 0 heterocycles. The molecule has 1 N–H and O–H groups in total. The number of methoxy groups -OCH3 is 1. The summed E-state index contributed by atoms with van der Waals surface area (Å²) in [5, 5.41) is 9.15. The normalized spacial score (nSPS) is 18.0. The predicted octanol–water partition coefficient (Wildman–Crippen LogP) is -0.0663. The highest BCUT2D eigenvalue weighted by molar-refractivity contribution is 5.88. The maximum absolute atomic E-state index is 10.5. The maximum Gasteiger partial charge on any atom is 0.384 e. The Labute approximate surface area is 65.4 Å². The Kier molecular flexibility index (Phi) is 2.50. The van der Waals surface area contributed by atoms with E-state index >= 15 is 0 Å². The first kappa shape index (κ1) is 8.09. The van der Waals surface area contributed by atoms with Crippen LogP contribution in [-0.4, -0.2) is 24.3 Å². The Hall–Kier alpha value is -1.01. The Morgan fingerprint density at radius 1 is 1.73 bits per heavy atom. The highest BCUT2D eigenvalue weighted by atomic mass is 16.5. The van der Waals surface area contributed by atoms with Gasteiger partial charge in [-0.1, -0.05) is 5.92 Å². The molecule has 0 aromatic heterocycles. The summed E-state index contributed by atoms with van der Waals surface area (Å²) in [6, 6.07) is 0. The third-order valence-electron chi connectivity index (χ3n) is 1.58. The van der Waals surface area contributed by atoms with Crippen LogP contribution >= 0.6 is 0 Å². The van der Waals surface area contributed by atoms with E-state index < -0.39 is 12.1 Å². The number of ether oxygens (including phenoxy) is 1. The first-order valence-corrected chi connectivity index (χ1v) is 3.51. The predicted molar refractivity (Wildman–Crippen MR) is 38.5 cm³/mol. The van der Waals surface area contributed by atoms with Crippen molar-refractivity contribution in [2.24, 2.45) is 5.92 Å². The van der Waals surface area contributed by atoms with E-state index in [0.29, 0.717) is 0 Å². The molecule has 0 amide bonds. The Bertz CT molecular complexity index is 207. The number of carbonyl (C=O) groups excluding carboxylic acids is 1. The zero-order valence-corrected chi connectivity index (χ0v) is 6.33. The quantitative estimate of drug-likeness (QED) is 0.327. The molecule has 0 bridgehead atoms. The summed E-state index contributed by atoms with van der Waals surface area (Å²) in [6.07, 6.45) is 1.38. The average Bonchev–Trinajstić information content (AvgIpc) is 2.81. The molecule has 0 aromatic carbocycles. The smallest absolute Gasteiger partial charge is 0.384 e. The average molecular weight is 154 g/mol. The van der Waals surface area contributed by atoms with Gasteiger partial charge in [-0.2, -0.15) is 0 Å². The molecular formula is C8H10O3. The van der Waals surface area contributed by atoms with Crippen LogP contribution in [0.5, 0.6) is 0 Å². The monoisotopic (exact) mass is 154 g/mol. The molecule has 1 saturated carbocycles. The summed E-state index contributed by atoms with van der Waals surface area (Å²) in [5.74, 6) is 4.31. The molecule has 1 atom stereocenters. The molecule has 3 heteroatoms. The van der Waals surface area contributed by atoms with Crippen molar-refractivity contribution in [2.45, 2.75) is 18.9 Å². The molecule has 0 radical (unpaired) electrons. The molecule has 1 rings (SSSR count). The molecule has 0 aliphatic heterocycles. The minimum atomic E-state index is -0.644. The number of carbonyl (C=O) groups is 1. The number of hydrogen-bond acceptors (Lipinski definition) is 3. The van der Waals surface area contributed by atoms with E-state index in [4.69, 9.17) is 5.11 Å². The first-order chi connectivity index (χ1) is 5.24. The SMILES string of the molecule is COC(=O)C#C[C@@H](O)C1CC1. The molecule has 1 fully saturated rings. The van der Waals surface area contributed by atoms with Gasteiger partial charge in [0.2, 0.25) is 0 Å². The topological polar surface area (TPSA) is 46.5 Å². The highest BCUT2D eigenvalue weighted by Gasteiger charge is 2.28. The zero-order chi connectivity index (χ0) is 8.27. The van der Waals surface area contributed by atoms with Crippen molar-refractivity contribution in [1.82, 2.24) is 0 Å². The molecule has 1 aliphatic rings. The van der Waals surface area contributed by atoms with Gasteiger partial charge in [0.05, 0.1) is 7.11 Å². The number of hydrogen-bond donors (Lipinski definition) is 1. The molecule has 0 saturated heterocycles. The summed E-state index contributed by atoms with van der Waals surface area (Å²) in [4.78, 5) is 10.5. The summed E-state index contributed by atoms with van der Waals surface area (Å²) in [6.45, 7) is 0. The number of aliphatic hydroxyl groups excluding tert-OH is 1. The lowest BCUT2D eigenvalue weighted by molar-refractivity contribution is -0.133. The van der Waals surface area contributed by atoms with Crippen LogP contribution in [0.2, 0.25) is 0 Å². The Morgan fingerprint density at radius 2 is 2.36 bits per heavy atom. The minimum Gasteiger partial charge on any atom is -0.459 e. The van der Waals surface area contributed by atoms with E-state index in [1.54, 1.807) is 0 Å². The number of esters is 1. The van der Waals surface area contributed by atoms with Gasteiger partial charge in [-0.3, -0.25) is 0 Å². The highest BCUT2D eigenvalue weighted by Crippen LogP contribution is 2.31. The lowest BCUT2D eigenvalue weighted by atomic mass is 10.2. The van der Waals surface area contributed by atoms with Crippen molar-refractivity contribution in [2.75, 3.05) is 7.11 Å². The van der Waals surface area contributed by atoms with Crippen LogP contribution in [-0.2, 0) is 9.53 Å². The molecule has 60 valence electrons. The van der Waals surface area contributed by atoms with E-state index in [2.05, 4.69) is 16.6 Å². The fraction of sp³-hybridized carbons (Fsp3) is 0.625. The summed E-state index contributed by atoms with van der Waals surface area (Å²) < 4.78 is 4.28. The van der Waals surface area contributed by atoms with Crippen LogP contribution in [0.1, 0.15) is 12.8 Å². The molecule has 0 spiro atoms. The second-order valence-corrected chi connectivity index (χ2v) is 2.54. The molecule has 1 aliphatic carbocycles. The van der Waals surface area contributed by atoms with Gasteiger partial charge >= 0.3 is 5.97 Å². The number of aliphatic hydroxyl groups is 1. The summed E-state index contributed by atoms with van der Waals surface area (Å²) >= 11 is 0. The fourth-order valence-corrected chi connectivity index (χ4v) is 0.714. The van der Waals surface area contributed by atoms with E-state index in [1.165, 1.54) is 7.11 Å². The van der Waals surface area contributed by atoms with Crippen molar-refractivity contribution < 1.29 is 14.6 Å². The fourth-order valence-electron chi connectivity index (χ4n) is 0.714. The second kappa shape index (κ2) is 3.40. The standard InChI is InChI=1S/C8H10O3/c1-11-8(10)5-4-7(9)6-2-3-6/h6-7,9H,2-3H2,1H3/t7-/m1/s1. The second-order valence-electron chi connectivity index (χ2n) is 2.54. The van der Waals surface area contributed by atoms with Gasteiger partial charge in [0.1, 0.15) is 6.10 Å². The van der Waals surface area contributed by atoms with E-state index in [9.17, 15) is 4.79 Å². The number of rotatable bonds is 1. The largest absolute Gasteiger partial charge is 0.459 e. The third-order valence-corrected chi connectivity index (χ3v) is 1.58. The Morgan fingerprint density at radius 3 is 2.82 bits per heavy atom. The third kappa shape index (κ3) is 2.60. The minimum absolute atomic E-state index is 0.284.